The molecule has 0 spiro atoms. The van der Waals surface area contributed by atoms with E-state index in [1.165, 1.54) is 10.6 Å². The van der Waals surface area contributed by atoms with Crippen LogP contribution in [0.4, 0.5) is 11.6 Å². The normalized spacial score (nSPS) is 21.4. The molecule has 2 saturated heterocycles. The first-order valence-corrected chi connectivity index (χ1v) is 23.9. The zero-order valence-electron chi connectivity index (χ0n) is 38.5. The standard InChI is InChI=1S/C49H56ClN11O4S/c1-28-29(2)66-44-40(28)41(54-38(23-39(62)63)42-57-56-30(3)61(42)44)32-8-11-35(12-9-32)59-20-18-58(19-21-59)27-31-14-16-60(17-15-31)47-52-25-34(26-53-47)43(64)55-45-48(4,5)46(49(45,6)7)65-36-13-10-33(24-51)37(50)22-36/h8-13,22,25-26,31,38,45-46H,14-21,23,27H2,1-7H3,(H,55,64)(H,62,63)/t38-,45?,46?/m0/s1. The molecular weight excluding hydrogens is 874 g/mol. The number of thiophene rings is 1. The number of piperidine rings is 1. The number of aliphatic carboxylic acids is 1. The summed E-state index contributed by atoms with van der Waals surface area (Å²) in [6.45, 7) is 21.1. The summed E-state index contributed by atoms with van der Waals surface area (Å²) < 4.78 is 8.37. The lowest BCUT2D eigenvalue weighted by molar-refractivity contribution is -0.164. The van der Waals surface area contributed by atoms with Gasteiger partial charge in [-0.3, -0.25) is 24.0 Å². The van der Waals surface area contributed by atoms with Gasteiger partial charge in [0, 0.05) is 103 Å². The number of carbonyl (C=O) groups excluding carboxylic acids is 1. The number of benzene rings is 2. The number of hydrogen-bond acceptors (Lipinski definition) is 13. The average molecular weight is 931 g/mol. The van der Waals surface area contributed by atoms with E-state index in [0.29, 0.717) is 39.6 Å². The fourth-order valence-corrected chi connectivity index (χ4v) is 12.2. The minimum Gasteiger partial charge on any atom is -0.489 e. The zero-order valence-corrected chi connectivity index (χ0v) is 40.1. The molecule has 0 unspecified atom stereocenters. The van der Waals surface area contributed by atoms with Crippen molar-refractivity contribution in [2.75, 3.05) is 55.6 Å². The lowest BCUT2D eigenvalue weighted by Gasteiger charge is -2.63. The van der Waals surface area contributed by atoms with E-state index in [4.69, 9.17) is 21.3 Å². The Balaban J connectivity index is 0.755. The highest BCUT2D eigenvalue weighted by atomic mass is 35.5. The Morgan fingerprint density at radius 2 is 1.62 bits per heavy atom. The predicted molar refractivity (Wildman–Crippen MR) is 256 cm³/mol. The highest BCUT2D eigenvalue weighted by Crippen LogP contribution is 2.55. The van der Waals surface area contributed by atoms with E-state index in [1.807, 2.05) is 11.5 Å². The van der Waals surface area contributed by atoms with Crippen LogP contribution >= 0.6 is 22.9 Å². The minimum absolute atomic E-state index is 0.166. The van der Waals surface area contributed by atoms with Crippen LogP contribution < -0.4 is 19.9 Å². The molecule has 15 nitrogen and oxygen atoms in total. The third kappa shape index (κ3) is 8.41. The number of nitriles is 1. The molecule has 66 heavy (non-hydrogen) atoms. The van der Waals surface area contributed by atoms with Crippen molar-refractivity contribution in [1.29, 1.82) is 5.26 Å². The summed E-state index contributed by atoms with van der Waals surface area (Å²) in [5, 5.41) is 32.3. The second-order valence-electron chi connectivity index (χ2n) is 19.3. The van der Waals surface area contributed by atoms with Gasteiger partial charge >= 0.3 is 5.97 Å². The maximum absolute atomic E-state index is 13.5. The molecular formula is C49H56ClN11O4S. The van der Waals surface area contributed by atoms with Gasteiger partial charge in [-0.05, 0) is 69.4 Å². The summed E-state index contributed by atoms with van der Waals surface area (Å²) >= 11 is 7.93. The lowest BCUT2D eigenvalue weighted by atomic mass is 9.49. The van der Waals surface area contributed by atoms with Crippen molar-refractivity contribution >= 4 is 52.2 Å². The third-order valence-corrected chi connectivity index (χ3v) is 15.7. The van der Waals surface area contributed by atoms with Crippen LogP contribution in [0.25, 0.3) is 5.00 Å². The number of aryl methyl sites for hydroxylation is 2. The Bertz CT molecular complexity index is 2710. The number of piperazine rings is 1. The van der Waals surface area contributed by atoms with E-state index in [-0.39, 0.29) is 35.3 Å². The molecule has 2 N–H and O–H groups in total. The van der Waals surface area contributed by atoms with E-state index >= 15 is 0 Å². The van der Waals surface area contributed by atoms with Crippen molar-refractivity contribution in [2.45, 2.75) is 85.9 Å². The Labute approximate surface area is 394 Å². The summed E-state index contributed by atoms with van der Waals surface area (Å²) in [5.41, 5.74) is 5.12. The maximum atomic E-state index is 13.5. The first-order valence-electron chi connectivity index (χ1n) is 22.7. The van der Waals surface area contributed by atoms with Crippen molar-refractivity contribution in [2.24, 2.45) is 21.7 Å². The van der Waals surface area contributed by atoms with Gasteiger partial charge in [0.15, 0.2) is 5.82 Å². The molecule has 1 aliphatic carbocycles. The van der Waals surface area contributed by atoms with Gasteiger partial charge in [0.05, 0.1) is 28.3 Å². The Kier molecular flexibility index (Phi) is 12.2. The first kappa shape index (κ1) is 45.3. The van der Waals surface area contributed by atoms with Crippen LogP contribution in [0, 0.1) is 48.9 Å². The van der Waals surface area contributed by atoms with Crippen LogP contribution in [0.1, 0.15) is 102 Å². The van der Waals surface area contributed by atoms with Gasteiger partial charge in [0.1, 0.15) is 34.8 Å². The third-order valence-electron chi connectivity index (χ3n) is 14.2. The van der Waals surface area contributed by atoms with Gasteiger partial charge in [-0.15, -0.1) is 21.5 Å². The van der Waals surface area contributed by atoms with Gasteiger partial charge in [-0.1, -0.05) is 51.4 Å². The van der Waals surface area contributed by atoms with Crippen molar-refractivity contribution in [3.8, 4) is 16.8 Å². The van der Waals surface area contributed by atoms with Crippen LogP contribution in [0.5, 0.6) is 5.75 Å². The number of anilines is 2. The number of fused-ring (bicyclic) bond motifs is 3. The Hall–Kier alpha value is -5.89. The molecule has 6 heterocycles. The van der Waals surface area contributed by atoms with Gasteiger partial charge < -0.3 is 25.0 Å². The molecule has 4 aliphatic rings. The smallest absolute Gasteiger partial charge is 0.306 e. The number of nitrogens with zero attached hydrogens (tertiary/aromatic N) is 10. The van der Waals surface area contributed by atoms with Gasteiger partial charge in [-0.25, -0.2) is 9.97 Å². The number of amides is 1. The largest absolute Gasteiger partial charge is 0.489 e. The topological polar surface area (TPSA) is 178 Å². The molecule has 1 saturated carbocycles. The van der Waals surface area contributed by atoms with E-state index in [0.717, 1.165) is 91.9 Å². The second kappa shape index (κ2) is 17.7. The quantitative estimate of drug-likeness (QED) is 0.133. The number of ether oxygens (including phenoxy) is 1. The van der Waals surface area contributed by atoms with Crippen LogP contribution in [-0.4, -0.2) is 110 Å². The molecule has 1 amide bonds. The summed E-state index contributed by atoms with van der Waals surface area (Å²) in [5.74, 6) is 1.96. The molecule has 3 aliphatic heterocycles. The number of nitrogens with one attached hydrogen (secondary N) is 1. The number of aliphatic imine (C=N–C) groups is 1. The molecule has 3 aromatic heterocycles. The molecule has 344 valence electrons. The molecule has 0 bridgehead atoms. The number of carbonyl (C=O) groups is 2. The minimum atomic E-state index is -0.927. The molecule has 5 aromatic rings. The van der Waals surface area contributed by atoms with Crippen LogP contribution in [0.3, 0.4) is 0 Å². The number of carboxylic acids is 1. The monoisotopic (exact) mass is 929 g/mol. The molecule has 3 fully saturated rings. The Morgan fingerprint density at radius 1 is 0.939 bits per heavy atom. The molecule has 9 rings (SSSR count). The number of rotatable bonds is 11. The van der Waals surface area contributed by atoms with E-state index in [9.17, 15) is 20.0 Å². The second-order valence-corrected chi connectivity index (χ2v) is 20.9. The van der Waals surface area contributed by atoms with E-state index in [1.54, 1.807) is 41.9 Å². The average Bonchev–Trinajstić information content (AvgIpc) is 3.78. The highest BCUT2D eigenvalue weighted by molar-refractivity contribution is 7.15. The zero-order chi connectivity index (χ0) is 46.7. The van der Waals surface area contributed by atoms with Gasteiger partial charge in [-0.2, -0.15) is 5.26 Å². The number of hydrogen-bond donors (Lipinski definition) is 2. The Morgan fingerprint density at radius 3 is 2.26 bits per heavy atom. The molecule has 2 aromatic carbocycles. The number of halogens is 1. The summed E-state index contributed by atoms with van der Waals surface area (Å²) in [6.07, 6.45) is 4.99. The highest BCUT2D eigenvalue weighted by Gasteiger charge is 2.64. The summed E-state index contributed by atoms with van der Waals surface area (Å²) in [4.78, 5) is 48.3. The van der Waals surface area contributed by atoms with Crippen molar-refractivity contribution in [3.05, 3.63) is 104 Å². The van der Waals surface area contributed by atoms with E-state index in [2.05, 4.69) is 112 Å². The summed E-state index contributed by atoms with van der Waals surface area (Å²) in [7, 11) is 0. The van der Waals surface area contributed by atoms with Crippen molar-refractivity contribution in [1.82, 2.24) is 34.9 Å². The van der Waals surface area contributed by atoms with Gasteiger partial charge in [0.2, 0.25) is 5.95 Å². The van der Waals surface area contributed by atoms with Crippen molar-refractivity contribution < 1.29 is 19.4 Å². The molecule has 1 atom stereocenters. The number of aromatic nitrogens is 5. The van der Waals surface area contributed by atoms with Crippen LogP contribution in [0.15, 0.2) is 59.9 Å². The lowest BCUT2D eigenvalue weighted by Crippen LogP contribution is -2.74. The van der Waals surface area contributed by atoms with Crippen LogP contribution in [0.2, 0.25) is 5.02 Å². The fourth-order valence-electron chi connectivity index (χ4n) is 10.8. The van der Waals surface area contributed by atoms with Crippen LogP contribution in [-0.2, 0) is 4.79 Å². The fraction of sp³-hybridized carbons (Fsp3) is 0.469. The van der Waals surface area contributed by atoms with Gasteiger partial charge in [0.25, 0.3) is 5.91 Å². The van der Waals surface area contributed by atoms with E-state index < -0.39 is 12.0 Å². The summed E-state index contributed by atoms with van der Waals surface area (Å²) in [6, 6.07) is 14.9. The van der Waals surface area contributed by atoms with Crippen molar-refractivity contribution in [3.63, 3.8) is 0 Å². The first-order chi connectivity index (χ1) is 31.5. The SMILES string of the molecule is Cc1sc2c(c1C)C(c1ccc(N3CCN(CC4CCN(c5ncc(C(=O)NC6C(C)(C)C(Oc7ccc(C#N)c(Cl)c7)C6(C)C)cn5)CC4)CC3)cc1)=N[C@@H](CC(=O)O)c1nnc(C)n1-2. The molecule has 17 heteroatoms. The molecule has 0 radical (unpaired) electrons. The predicted octanol–water partition coefficient (Wildman–Crippen LogP) is 7.59. The maximum Gasteiger partial charge on any atom is 0.306 e. The number of carboxylic acid groups (broad SMARTS) is 1.